The highest BCUT2D eigenvalue weighted by atomic mass is 28.3. The van der Waals surface area contributed by atoms with Crippen molar-refractivity contribution in [1.82, 2.24) is 9.13 Å². The number of nitriles is 2. The molecule has 6 heteroatoms. The Hall–Kier alpha value is -8.42. The van der Waals surface area contributed by atoms with Gasteiger partial charge < -0.3 is 13.6 Å². The Kier molecular flexibility index (Phi) is 7.92. The number of para-hydroxylation sites is 2. The maximum atomic E-state index is 9.86. The Morgan fingerprint density at radius 1 is 0.371 bits per heavy atom. The van der Waals surface area contributed by atoms with E-state index in [1.165, 1.54) is 20.7 Å². The number of rotatable bonds is 6. The Labute approximate surface area is 357 Å². The van der Waals surface area contributed by atoms with Crippen LogP contribution >= 0.6 is 0 Å². The second kappa shape index (κ2) is 13.8. The summed E-state index contributed by atoms with van der Waals surface area (Å²) >= 11 is 0. The van der Waals surface area contributed by atoms with Crippen LogP contribution in [-0.2, 0) is 0 Å². The molecule has 288 valence electrons. The topological polar surface area (TPSA) is 70.6 Å². The highest BCUT2D eigenvalue weighted by Crippen LogP contribution is 2.40. The lowest BCUT2D eigenvalue weighted by molar-refractivity contribution is 0.673. The van der Waals surface area contributed by atoms with Gasteiger partial charge in [-0.3, -0.25) is 0 Å². The molecule has 5 nitrogen and oxygen atoms in total. The maximum Gasteiger partial charge on any atom is 0.179 e. The van der Waals surface area contributed by atoms with E-state index >= 15 is 0 Å². The van der Waals surface area contributed by atoms with Crippen LogP contribution in [0.5, 0.6) is 0 Å². The van der Waals surface area contributed by atoms with E-state index in [1.54, 1.807) is 0 Å². The van der Waals surface area contributed by atoms with Crippen molar-refractivity contribution in [3.05, 3.63) is 217 Å². The molecular formula is C56H34N4OSi. The van der Waals surface area contributed by atoms with Crippen LogP contribution in [0.3, 0.4) is 0 Å². The molecule has 0 aliphatic carbocycles. The molecule has 0 spiro atoms. The predicted molar refractivity (Wildman–Crippen MR) is 255 cm³/mol. The van der Waals surface area contributed by atoms with Gasteiger partial charge in [-0.15, -0.1) is 0 Å². The van der Waals surface area contributed by atoms with Crippen LogP contribution < -0.4 is 20.7 Å². The molecule has 9 aromatic carbocycles. The summed E-state index contributed by atoms with van der Waals surface area (Å²) in [6.45, 7) is 0. The smallest absolute Gasteiger partial charge is 0.179 e. The van der Waals surface area contributed by atoms with Crippen molar-refractivity contribution in [2.24, 2.45) is 0 Å². The second-order valence-electron chi connectivity index (χ2n) is 15.9. The molecule has 0 amide bonds. The summed E-state index contributed by atoms with van der Waals surface area (Å²) in [4.78, 5) is 0. The molecule has 0 aliphatic heterocycles. The third kappa shape index (κ3) is 5.12. The van der Waals surface area contributed by atoms with E-state index in [1.807, 2.05) is 48.5 Å². The summed E-state index contributed by atoms with van der Waals surface area (Å²) in [5.74, 6) is 0. The molecule has 0 saturated heterocycles. The number of hydrogen-bond acceptors (Lipinski definition) is 3. The molecule has 3 heterocycles. The van der Waals surface area contributed by atoms with Crippen LogP contribution in [0.1, 0.15) is 11.1 Å². The quantitative estimate of drug-likeness (QED) is 0.124. The molecule has 62 heavy (non-hydrogen) atoms. The molecule has 0 saturated carbocycles. The average Bonchev–Trinajstić information content (AvgIpc) is 4.00. The summed E-state index contributed by atoms with van der Waals surface area (Å²) < 4.78 is 11.2. The minimum absolute atomic E-state index is 0.583. The zero-order valence-corrected chi connectivity index (χ0v) is 34.3. The molecule has 12 rings (SSSR count). The van der Waals surface area contributed by atoms with Gasteiger partial charge in [-0.25, -0.2) is 0 Å². The number of furan rings is 1. The fourth-order valence-electron chi connectivity index (χ4n) is 10.1. The number of hydrogen-bond donors (Lipinski definition) is 0. The van der Waals surface area contributed by atoms with Gasteiger partial charge in [0.2, 0.25) is 0 Å². The third-order valence-electron chi connectivity index (χ3n) is 12.7. The van der Waals surface area contributed by atoms with Crippen molar-refractivity contribution in [1.29, 1.82) is 10.5 Å². The fraction of sp³-hybridized carbons (Fsp3) is 0. The van der Waals surface area contributed by atoms with Crippen molar-refractivity contribution in [3.8, 4) is 23.5 Å². The van der Waals surface area contributed by atoms with E-state index < -0.39 is 8.07 Å². The van der Waals surface area contributed by atoms with E-state index in [9.17, 15) is 10.5 Å². The van der Waals surface area contributed by atoms with E-state index in [-0.39, 0.29) is 0 Å². The Balaban J connectivity index is 1.09. The van der Waals surface area contributed by atoms with Gasteiger partial charge in [0.25, 0.3) is 0 Å². The van der Waals surface area contributed by atoms with E-state index in [2.05, 4.69) is 179 Å². The van der Waals surface area contributed by atoms with Gasteiger partial charge in [0.05, 0.1) is 50.7 Å². The fourth-order valence-corrected chi connectivity index (χ4v) is 14.8. The molecular weight excluding hydrogens is 773 g/mol. The highest BCUT2D eigenvalue weighted by Gasteiger charge is 2.41. The van der Waals surface area contributed by atoms with Gasteiger partial charge in [0, 0.05) is 38.3 Å². The van der Waals surface area contributed by atoms with Crippen LogP contribution in [-0.4, -0.2) is 17.2 Å². The molecule has 12 aromatic rings. The van der Waals surface area contributed by atoms with Crippen LogP contribution in [0.25, 0.3) is 76.9 Å². The standard InChI is InChI=1S/C56H34N4OSi/c57-35-37-22-29-51-48(32-37)49-33-38(36-58)23-30-52(49)60(51)40-12-11-17-44(34-40)62(41-13-3-1-4-14-41,42-15-5-2-6-16-42)43-26-24-39(25-27-43)59-50-20-9-7-19-47(50)55-53(59)31-28-46-45-18-8-10-21-54(45)61-56(46)55/h1-34H. The first kappa shape index (κ1) is 35.5. The summed E-state index contributed by atoms with van der Waals surface area (Å²) in [5.41, 5.74) is 9.24. The van der Waals surface area contributed by atoms with E-state index in [4.69, 9.17) is 4.42 Å². The lowest BCUT2D eigenvalue weighted by Crippen LogP contribution is -2.74. The Morgan fingerprint density at radius 2 is 0.903 bits per heavy atom. The second-order valence-corrected chi connectivity index (χ2v) is 19.7. The maximum absolute atomic E-state index is 9.86. The number of benzene rings is 9. The largest absolute Gasteiger partial charge is 0.455 e. The zero-order valence-electron chi connectivity index (χ0n) is 33.3. The van der Waals surface area contributed by atoms with Gasteiger partial charge in [0.1, 0.15) is 11.2 Å². The van der Waals surface area contributed by atoms with Gasteiger partial charge in [-0.1, -0.05) is 121 Å². The normalized spacial score (nSPS) is 11.8. The Bertz CT molecular complexity index is 3720. The SMILES string of the molecule is N#Cc1ccc2c(c1)c1cc(C#N)ccc1n2-c1cccc([Si](c2ccccc2)(c2ccccc2)c2ccc(-n3c4ccccc4c4c5oc6ccccc6c5ccc43)cc2)c1. The summed E-state index contributed by atoms with van der Waals surface area (Å²) in [5, 5.41) is 31.2. The molecule has 0 unspecified atom stereocenters. The molecule has 0 N–H and O–H groups in total. The Morgan fingerprint density at radius 3 is 1.56 bits per heavy atom. The van der Waals surface area contributed by atoms with Crippen molar-refractivity contribution >= 4 is 94.4 Å². The highest BCUT2D eigenvalue weighted by molar-refractivity contribution is 7.19. The van der Waals surface area contributed by atoms with Crippen LogP contribution in [0, 0.1) is 22.7 Å². The van der Waals surface area contributed by atoms with Gasteiger partial charge in [-0.05, 0) is 106 Å². The number of fused-ring (bicyclic) bond motifs is 10. The first-order valence-electron chi connectivity index (χ1n) is 20.7. The van der Waals surface area contributed by atoms with Gasteiger partial charge >= 0.3 is 0 Å². The molecule has 3 aromatic heterocycles. The van der Waals surface area contributed by atoms with E-state index in [0.29, 0.717) is 11.1 Å². The molecule has 0 fully saturated rings. The molecule has 0 atom stereocenters. The summed E-state index contributed by atoms with van der Waals surface area (Å²) in [7, 11) is -3.00. The first-order chi connectivity index (χ1) is 30.6. The molecule has 0 bridgehead atoms. The van der Waals surface area contributed by atoms with Crippen LogP contribution in [0.15, 0.2) is 211 Å². The first-order valence-corrected chi connectivity index (χ1v) is 22.7. The van der Waals surface area contributed by atoms with E-state index in [0.717, 1.165) is 76.9 Å². The predicted octanol–water partition coefficient (Wildman–Crippen LogP) is 10.9. The van der Waals surface area contributed by atoms with Crippen molar-refractivity contribution in [2.45, 2.75) is 0 Å². The monoisotopic (exact) mass is 806 g/mol. The summed E-state index contributed by atoms with van der Waals surface area (Å²) in [6, 6.07) is 77.9. The van der Waals surface area contributed by atoms with Crippen LogP contribution in [0.4, 0.5) is 0 Å². The lowest BCUT2D eigenvalue weighted by Gasteiger charge is -2.35. The van der Waals surface area contributed by atoms with Crippen molar-refractivity contribution in [3.63, 3.8) is 0 Å². The van der Waals surface area contributed by atoms with Gasteiger partial charge in [0.15, 0.2) is 8.07 Å². The van der Waals surface area contributed by atoms with Crippen LogP contribution in [0.2, 0.25) is 0 Å². The average molecular weight is 807 g/mol. The minimum atomic E-state index is -3.00. The van der Waals surface area contributed by atoms with Gasteiger partial charge in [-0.2, -0.15) is 10.5 Å². The lowest BCUT2D eigenvalue weighted by atomic mass is 10.1. The number of nitrogens with zero attached hydrogens (tertiary/aromatic N) is 4. The van der Waals surface area contributed by atoms with Crippen molar-refractivity contribution in [2.75, 3.05) is 0 Å². The third-order valence-corrected chi connectivity index (χ3v) is 17.5. The minimum Gasteiger partial charge on any atom is -0.455 e. The zero-order chi connectivity index (χ0) is 41.4. The summed E-state index contributed by atoms with van der Waals surface area (Å²) in [6.07, 6.45) is 0. The molecule has 0 radical (unpaired) electrons. The number of aromatic nitrogens is 2. The molecule has 0 aliphatic rings. The van der Waals surface area contributed by atoms with Crippen molar-refractivity contribution < 1.29 is 4.42 Å².